The van der Waals surface area contributed by atoms with E-state index in [-0.39, 0.29) is 6.79 Å². The number of carbonyl (C=O) groups excluding carboxylic acids is 1. The first kappa shape index (κ1) is 16.1. The molecule has 0 saturated carbocycles. The van der Waals surface area contributed by atoms with Crippen LogP contribution in [0.15, 0.2) is 23.3 Å². The van der Waals surface area contributed by atoms with E-state index >= 15 is 0 Å². The van der Waals surface area contributed by atoms with Crippen LogP contribution in [-0.2, 0) is 11.2 Å². The van der Waals surface area contributed by atoms with Crippen molar-refractivity contribution in [3.8, 4) is 11.5 Å². The van der Waals surface area contributed by atoms with Crippen molar-refractivity contribution < 1.29 is 19.0 Å². The van der Waals surface area contributed by atoms with Crippen molar-refractivity contribution in [2.75, 3.05) is 6.79 Å². The van der Waals surface area contributed by atoms with Gasteiger partial charge in [-0.25, -0.2) is 10.2 Å². The Morgan fingerprint density at radius 1 is 1.32 bits per heavy atom. The third-order valence-corrected chi connectivity index (χ3v) is 2.95. The van der Waals surface area contributed by atoms with Crippen molar-refractivity contribution in [3.05, 3.63) is 23.8 Å². The number of hydrogen-bond donors (Lipinski definition) is 1. The molecule has 1 N–H and O–H groups in total. The largest absolute Gasteiger partial charge is 0.454 e. The van der Waals surface area contributed by atoms with E-state index in [1.54, 1.807) is 0 Å². The van der Waals surface area contributed by atoms with Crippen molar-refractivity contribution >= 4 is 11.8 Å². The highest BCUT2D eigenvalue weighted by molar-refractivity contribution is 5.83. The lowest BCUT2D eigenvalue weighted by atomic mass is 10.1. The molecule has 6 nitrogen and oxygen atoms in total. The fourth-order valence-corrected chi connectivity index (χ4v) is 1.92. The Kier molecular flexibility index (Phi) is 4.90. The maximum absolute atomic E-state index is 11.5. The third-order valence-electron chi connectivity index (χ3n) is 2.95. The van der Waals surface area contributed by atoms with Gasteiger partial charge in [-0.15, -0.1) is 0 Å². The zero-order chi connectivity index (χ0) is 16.2. The minimum Gasteiger partial charge on any atom is -0.454 e. The van der Waals surface area contributed by atoms with Crippen LogP contribution in [0.5, 0.6) is 11.5 Å². The number of hydrogen-bond acceptors (Lipinski definition) is 5. The number of ether oxygens (including phenoxy) is 3. The Labute approximate surface area is 130 Å². The van der Waals surface area contributed by atoms with Gasteiger partial charge in [0.15, 0.2) is 11.5 Å². The van der Waals surface area contributed by atoms with Crippen molar-refractivity contribution in [2.45, 2.75) is 46.1 Å². The molecule has 22 heavy (non-hydrogen) atoms. The number of benzene rings is 1. The summed E-state index contributed by atoms with van der Waals surface area (Å²) in [5, 5.41) is 4.03. The summed E-state index contributed by atoms with van der Waals surface area (Å²) in [5.41, 5.74) is 3.83. The smallest absolute Gasteiger partial charge is 0.428 e. The lowest BCUT2D eigenvalue weighted by Gasteiger charge is -2.18. The number of fused-ring (bicyclic) bond motifs is 1. The summed E-state index contributed by atoms with van der Waals surface area (Å²) in [6.45, 7) is 7.57. The molecule has 1 aromatic carbocycles. The predicted molar refractivity (Wildman–Crippen MR) is 83.4 cm³/mol. The number of nitrogens with zero attached hydrogens (tertiary/aromatic N) is 1. The summed E-state index contributed by atoms with van der Waals surface area (Å²) in [7, 11) is 0. The Hall–Kier alpha value is -2.24. The van der Waals surface area contributed by atoms with Crippen LogP contribution < -0.4 is 14.9 Å². The van der Waals surface area contributed by atoms with Crippen LogP contribution in [0, 0.1) is 0 Å². The van der Waals surface area contributed by atoms with Gasteiger partial charge < -0.3 is 14.2 Å². The molecule has 120 valence electrons. The number of hydrazone groups is 1. The van der Waals surface area contributed by atoms with Crippen LogP contribution in [0.2, 0.25) is 0 Å². The van der Waals surface area contributed by atoms with Crippen LogP contribution in [0.4, 0.5) is 4.79 Å². The lowest BCUT2D eigenvalue weighted by molar-refractivity contribution is 0.0529. The van der Waals surface area contributed by atoms with Crippen LogP contribution >= 0.6 is 0 Å². The van der Waals surface area contributed by atoms with Gasteiger partial charge in [0.1, 0.15) is 5.60 Å². The van der Waals surface area contributed by atoms with Gasteiger partial charge in [0, 0.05) is 5.71 Å². The summed E-state index contributed by atoms with van der Waals surface area (Å²) in [4.78, 5) is 11.5. The van der Waals surface area contributed by atoms with Crippen molar-refractivity contribution in [1.29, 1.82) is 0 Å². The molecule has 1 aliphatic heterocycles. The van der Waals surface area contributed by atoms with Gasteiger partial charge in [0.25, 0.3) is 0 Å². The molecule has 0 saturated heterocycles. The lowest BCUT2D eigenvalue weighted by Crippen LogP contribution is -2.30. The second-order valence-corrected chi connectivity index (χ2v) is 6.15. The Balaban J connectivity index is 1.81. The van der Waals surface area contributed by atoms with E-state index in [0.717, 1.165) is 35.6 Å². The van der Waals surface area contributed by atoms with E-state index in [9.17, 15) is 4.79 Å². The number of amides is 1. The Bertz CT molecular complexity index is 576. The summed E-state index contributed by atoms with van der Waals surface area (Å²) < 4.78 is 15.7. The van der Waals surface area contributed by atoms with Gasteiger partial charge in [-0.3, -0.25) is 0 Å². The minimum atomic E-state index is -0.546. The molecular weight excluding hydrogens is 284 g/mol. The van der Waals surface area contributed by atoms with Gasteiger partial charge in [-0.2, -0.15) is 5.10 Å². The molecule has 0 spiro atoms. The number of aryl methyl sites for hydroxylation is 1. The third kappa shape index (κ3) is 4.95. The SMILES string of the molecule is C/C(CCc1ccc2c(c1)OCO2)=N\NC(=O)OC(C)(C)C. The van der Waals surface area contributed by atoms with E-state index < -0.39 is 11.7 Å². The molecule has 0 radical (unpaired) electrons. The first-order valence-corrected chi connectivity index (χ1v) is 7.24. The standard InChI is InChI=1S/C16H22N2O4/c1-11(17-18-15(19)22-16(2,3)4)5-6-12-7-8-13-14(9-12)21-10-20-13/h7-9H,5-6,10H2,1-4H3,(H,18,19)/b17-11+. The Morgan fingerprint density at radius 2 is 2.05 bits per heavy atom. The fourth-order valence-electron chi connectivity index (χ4n) is 1.92. The van der Waals surface area contributed by atoms with Crippen molar-refractivity contribution in [1.82, 2.24) is 5.43 Å². The van der Waals surface area contributed by atoms with Gasteiger partial charge in [-0.1, -0.05) is 6.07 Å². The van der Waals surface area contributed by atoms with Crippen LogP contribution in [0.3, 0.4) is 0 Å². The van der Waals surface area contributed by atoms with E-state index in [1.807, 2.05) is 45.9 Å². The monoisotopic (exact) mass is 306 g/mol. The fraction of sp³-hybridized carbons (Fsp3) is 0.500. The van der Waals surface area contributed by atoms with E-state index in [4.69, 9.17) is 14.2 Å². The zero-order valence-corrected chi connectivity index (χ0v) is 13.4. The highest BCUT2D eigenvalue weighted by atomic mass is 16.7. The van der Waals surface area contributed by atoms with E-state index in [0.29, 0.717) is 0 Å². The average molecular weight is 306 g/mol. The molecule has 1 heterocycles. The second kappa shape index (κ2) is 6.68. The van der Waals surface area contributed by atoms with Gasteiger partial charge >= 0.3 is 6.09 Å². The van der Waals surface area contributed by atoms with Gasteiger partial charge in [0.05, 0.1) is 0 Å². The summed E-state index contributed by atoms with van der Waals surface area (Å²) in [5.74, 6) is 1.56. The molecule has 6 heteroatoms. The van der Waals surface area contributed by atoms with Crippen molar-refractivity contribution in [3.63, 3.8) is 0 Å². The molecule has 0 atom stereocenters. The Morgan fingerprint density at radius 3 is 2.77 bits per heavy atom. The highest BCUT2D eigenvalue weighted by Gasteiger charge is 2.16. The number of carbonyl (C=O) groups is 1. The molecule has 0 unspecified atom stereocenters. The first-order valence-electron chi connectivity index (χ1n) is 7.24. The average Bonchev–Trinajstić information content (AvgIpc) is 2.88. The summed E-state index contributed by atoms with van der Waals surface area (Å²) in [6.07, 6.45) is 0.993. The molecule has 1 aliphatic rings. The highest BCUT2D eigenvalue weighted by Crippen LogP contribution is 2.32. The number of nitrogens with one attached hydrogen (secondary N) is 1. The molecule has 0 aliphatic carbocycles. The second-order valence-electron chi connectivity index (χ2n) is 6.15. The quantitative estimate of drug-likeness (QED) is 0.685. The van der Waals surface area contributed by atoms with Crippen LogP contribution in [-0.4, -0.2) is 24.2 Å². The molecule has 1 amide bonds. The number of rotatable bonds is 4. The normalized spacial score (nSPS) is 13.9. The predicted octanol–water partition coefficient (Wildman–Crippen LogP) is 3.25. The maximum Gasteiger partial charge on any atom is 0.428 e. The van der Waals surface area contributed by atoms with Crippen LogP contribution in [0.1, 0.15) is 39.7 Å². The topological polar surface area (TPSA) is 69.2 Å². The minimum absolute atomic E-state index is 0.277. The first-order chi connectivity index (χ1) is 10.3. The van der Waals surface area contributed by atoms with Gasteiger partial charge in [-0.05, 0) is 58.2 Å². The van der Waals surface area contributed by atoms with E-state index in [2.05, 4.69) is 10.5 Å². The summed E-state index contributed by atoms with van der Waals surface area (Å²) >= 11 is 0. The van der Waals surface area contributed by atoms with Crippen LogP contribution in [0.25, 0.3) is 0 Å². The molecule has 0 fully saturated rings. The molecule has 0 bridgehead atoms. The molecule has 2 rings (SSSR count). The summed E-state index contributed by atoms with van der Waals surface area (Å²) in [6, 6.07) is 5.88. The van der Waals surface area contributed by atoms with Crippen molar-refractivity contribution in [2.24, 2.45) is 5.10 Å². The maximum atomic E-state index is 11.5. The van der Waals surface area contributed by atoms with Gasteiger partial charge in [0.2, 0.25) is 6.79 Å². The molecular formula is C16H22N2O4. The molecule has 1 aromatic rings. The molecule has 0 aromatic heterocycles. The zero-order valence-electron chi connectivity index (χ0n) is 13.4. The van der Waals surface area contributed by atoms with E-state index in [1.165, 1.54) is 0 Å².